The molecule has 19 heavy (non-hydrogen) atoms. The third-order valence-electron chi connectivity index (χ3n) is 2.50. The fraction of sp³-hybridized carbons (Fsp3) is 0.0769. The Labute approximate surface area is 113 Å². The molecule has 0 radical (unpaired) electrons. The second kappa shape index (κ2) is 5.53. The van der Waals surface area contributed by atoms with Crippen LogP contribution < -0.4 is 10.6 Å². The number of nitrogens with one attached hydrogen (secondary N) is 2. The summed E-state index contributed by atoms with van der Waals surface area (Å²) in [5, 5.41) is 17.9. The number of benzene rings is 1. The molecule has 2 amide bonds. The lowest BCUT2D eigenvalue weighted by atomic mass is 10.1. The smallest absolute Gasteiger partial charge is 0.335 e. The highest BCUT2D eigenvalue weighted by Crippen LogP contribution is 2.18. The van der Waals surface area contributed by atoms with Crippen molar-refractivity contribution in [3.05, 3.63) is 46.2 Å². The van der Waals surface area contributed by atoms with Gasteiger partial charge in [0.1, 0.15) is 0 Å². The molecule has 0 saturated heterocycles. The Hall–Kier alpha value is -2.34. The van der Waals surface area contributed by atoms with Crippen molar-refractivity contribution in [3.8, 4) is 0 Å². The number of carbonyl (C=O) groups excluding carboxylic acids is 1. The number of aromatic carboxylic acids is 1. The van der Waals surface area contributed by atoms with Crippen LogP contribution in [0.2, 0.25) is 0 Å². The second-order valence-corrected chi connectivity index (χ2v) is 4.71. The van der Waals surface area contributed by atoms with Gasteiger partial charge in [0.2, 0.25) is 0 Å². The highest BCUT2D eigenvalue weighted by molar-refractivity contribution is 7.08. The largest absolute Gasteiger partial charge is 0.478 e. The molecule has 1 heterocycles. The van der Waals surface area contributed by atoms with E-state index >= 15 is 0 Å². The van der Waals surface area contributed by atoms with Crippen LogP contribution in [0.25, 0.3) is 0 Å². The number of anilines is 2. The summed E-state index contributed by atoms with van der Waals surface area (Å²) in [7, 11) is 0. The number of carboxylic acids is 1. The molecule has 0 unspecified atom stereocenters. The van der Waals surface area contributed by atoms with Gasteiger partial charge in [-0.1, -0.05) is 0 Å². The fourth-order valence-electron chi connectivity index (χ4n) is 1.56. The lowest BCUT2D eigenvalue weighted by molar-refractivity contribution is 0.0697. The minimum atomic E-state index is -0.989. The predicted octanol–water partition coefficient (Wildman–Crippen LogP) is 3.40. The second-order valence-electron chi connectivity index (χ2n) is 3.93. The summed E-state index contributed by atoms with van der Waals surface area (Å²) >= 11 is 1.49. The Balaban J connectivity index is 2.07. The molecular formula is C13H12N2O3S. The fourth-order valence-corrected chi connectivity index (χ4v) is 2.15. The minimum absolute atomic E-state index is 0.196. The first-order valence-electron chi connectivity index (χ1n) is 5.50. The lowest BCUT2D eigenvalue weighted by Crippen LogP contribution is -2.19. The van der Waals surface area contributed by atoms with Crippen LogP contribution in [-0.4, -0.2) is 17.1 Å². The zero-order valence-corrected chi connectivity index (χ0v) is 11.0. The standard InChI is InChI=1S/C13H12N2O3S/c1-8-6-9(12(16)17)2-3-11(8)15-13(18)14-10-4-5-19-7-10/h2-7H,1H3,(H,16,17)(H2,14,15,18). The van der Waals surface area contributed by atoms with E-state index < -0.39 is 5.97 Å². The molecule has 1 aromatic carbocycles. The highest BCUT2D eigenvalue weighted by Gasteiger charge is 2.08. The summed E-state index contributed by atoms with van der Waals surface area (Å²) in [6.07, 6.45) is 0. The molecule has 0 spiro atoms. The van der Waals surface area contributed by atoms with E-state index in [0.717, 1.165) is 5.69 Å². The molecule has 5 nitrogen and oxygen atoms in total. The number of urea groups is 1. The van der Waals surface area contributed by atoms with Gasteiger partial charge in [-0.2, -0.15) is 11.3 Å². The van der Waals surface area contributed by atoms with E-state index in [-0.39, 0.29) is 11.6 Å². The van der Waals surface area contributed by atoms with Crippen molar-refractivity contribution in [2.75, 3.05) is 10.6 Å². The van der Waals surface area contributed by atoms with Gasteiger partial charge in [-0.25, -0.2) is 9.59 Å². The zero-order chi connectivity index (χ0) is 13.8. The van der Waals surface area contributed by atoms with Crippen molar-refractivity contribution >= 4 is 34.7 Å². The summed E-state index contributed by atoms with van der Waals surface area (Å²) in [5.74, 6) is -0.989. The molecule has 98 valence electrons. The van der Waals surface area contributed by atoms with Crippen molar-refractivity contribution in [1.29, 1.82) is 0 Å². The van der Waals surface area contributed by atoms with Crippen molar-refractivity contribution in [2.45, 2.75) is 6.92 Å². The number of hydrogen-bond donors (Lipinski definition) is 3. The number of hydrogen-bond acceptors (Lipinski definition) is 3. The van der Waals surface area contributed by atoms with Crippen LogP contribution in [0.1, 0.15) is 15.9 Å². The summed E-state index contributed by atoms with van der Waals surface area (Å²) in [6, 6.07) is 5.99. The van der Waals surface area contributed by atoms with Crippen molar-refractivity contribution in [1.82, 2.24) is 0 Å². The van der Waals surface area contributed by atoms with Gasteiger partial charge in [-0.05, 0) is 42.1 Å². The molecule has 0 aliphatic carbocycles. The van der Waals surface area contributed by atoms with Gasteiger partial charge in [0.25, 0.3) is 0 Å². The minimum Gasteiger partial charge on any atom is -0.478 e. The molecule has 0 bridgehead atoms. The van der Waals surface area contributed by atoms with Crippen molar-refractivity contribution in [2.24, 2.45) is 0 Å². The van der Waals surface area contributed by atoms with E-state index in [1.165, 1.54) is 23.5 Å². The molecule has 0 aliphatic heterocycles. The molecule has 6 heteroatoms. The molecule has 0 fully saturated rings. The van der Waals surface area contributed by atoms with Gasteiger partial charge in [-0.3, -0.25) is 0 Å². The number of carbonyl (C=O) groups is 2. The maximum Gasteiger partial charge on any atom is 0.335 e. The van der Waals surface area contributed by atoms with Crippen LogP contribution in [0.15, 0.2) is 35.0 Å². The van der Waals surface area contributed by atoms with Crippen molar-refractivity contribution in [3.63, 3.8) is 0 Å². The molecule has 0 saturated carbocycles. The van der Waals surface area contributed by atoms with Gasteiger partial charge in [0, 0.05) is 11.1 Å². The molecule has 2 aromatic rings. The van der Waals surface area contributed by atoms with E-state index in [2.05, 4.69) is 10.6 Å². The third kappa shape index (κ3) is 3.32. The van der Waals surface area contributed by atoms with E-state index in [4.69, 9.17) is 5.11 Å². The van der Waals surface area contributed by atoms with Crippen LogP contribution in [0.3, 0.4) is 0 Å². The normalized spacial score (nSPS) is 9.95. The number of carboxylic acid groups (broad SMARTS) is 1. The van der Waals surface area contributed by atoms with E-state index in [9.17, 15) is 9.59 Å². The summed E-state index contributed by atoms with van der Waals surface area (Å²) in [4.78, 5) is 22.5. The first kappa shape index (κ1) is 13.1. The summed E-state index contributed by atoms with van der Waals surface area (Å²) in [6.45, 7) is 1.74. The van der Waals surface area contributed by atoms with Crippen LogP contribution in [0, 0.1) is 6.92 Å². The summed E-state index contributed by atoms with van der Waals surface area (Å²) in [5.41, 5.74) is 2.20. The number of rotatable bonds is 3. The van der Waals surface area contributed by atoms with Crippen LogP contribution in [0.5, 0.6) is 0 Å². The van der Waals surface area contributed by atoms with Gasteiger partial charge >= 0.3 is 12.0 Å². The average Bonchev–Trinajstić information content (AvgIpc) is 2.84. The molecule has 3 N–H and O–H groups in total. The first-order valence-corrected chi connectivity index (χ1v) is 6.44. The third-order valence-corrected chi connectivity index (χ3v) is 3.18. The Kier molecular flexibility index (Phi) is 3.82. The molecule has 0 aliphatic rings. The zero-order valence-electron chi connectivity index (χ0n) is 10.1. The van der Waals surface area contributed by atoms with E-state index in [0.29, 0.717) is 11.3 Å². The number of thiophene rings is 1. The Morgan fingerprint density at radius 1 is 1.21 bits per heavy atom. The van der Waals surface area contributed by atoms with E-state index in [1.54, 1.807) is 19.1 Å². The SMILES string of the molecule is Cc1cc(C(=O)O)ccc1NC(=O)Nc1ccsc1. The van der Waals surface area contributed by atoms with Crippen LogP contribution in [0.4, 0.5) is 16.2 Å². The maximum absolute atomic E-state index is 11.7. The highest BCUT2D eigenvalue weighted by atomic mass is 32.1. The molecule has 1 aromatic heterocycles. The Morgan fingerprint density at radius 2 is 2.00 bits per heavy atom. The number of aryl methyl sites for hydroxylation is 1. The van der Waals surface area contributed by atoms with Gasteiger partial charge < -0.3 is 15.7 Å². The predicted molar refractivity (Wildman–Crippen MR) is 75.1 cm³/mol. The van der Waals surface area contributed by atoms with Gasteiger partial charge in [-0.15, -0.1) is 0 Å². The van der Waals surface area contributed by atoms with Gasteiger partial charge in [0.15, 0.2) is 0 Å². The quantitative estimate of drug-likeness (QED) is 0.804. The maximum atomic E-state index is 11.7. The van der Waals surface area contributed by atoms with Gasteiger partial charge in [0.05, 0.1) is 11.3 Å². The molecule has 0 atom stereocenters. The average molecular weight is 276 g/mol. The van der Waals surface area contributed by atoms with Crippen LogP contribution in [-0.2, 0) is 0 Å². The first-order chi connectivity index (χ1) is 9.06. The topological polar surface area (TPSA) is 78.4 Å². The number of amides is 2. The summed E-state index contributed by atoms with van der Waals surface area (Å²) < 4.78 is 0. The van der Waals surface area contributed by atoms with Crippen LogP contribution >= 0.6 is 11.3 Å². The van der Waals surface area contributed by atoms with E-state index in [1.807, 2.05) is 10.8 Å². The Morgan fingerprint density at radius 3 is 2.58 bits per heavy atom. The molecular weight excluding hydrogens is 264 g/mol. The molecule has 2 rings (SSSR count). The van der Waals surface area contributed by atoms with Crippen molar-refractivity contribution < 1.29 is 14.7 Å². The lowest BCUT2D eigenvalue weighted by Gasteiger charge is -2.09. The Bertz CT molecular complexity index is 608. The monoisotopic (exact) mass is 276 g/mol.